The Morgan fingerprint density at radius 3 is 1.47 bits per heavy atom. The summed E-state index contributed by atoms with van der Waals surface area (Å²) in [5.74, 6) is 1.55. The van der Waals surface area contributed by atoms with Crippen molar-refractivity contribution in [3.05, 3.63) is 11.9 Å². The molecule has 432 valence electrons. The van der Waals surface area contributed by atoms with Crippen molar-refractivity contribution in [1.82, 2.24) is 25.6 Å². The normalized spacial score (nSPS) is 11.5. The Bertz CT molecular complexity index is 1350. The minimum atomic E-state index is -0.135. The van der Waals surface area contributed by atoms with E-state index in [9.17, 15) is 14.4 Å². The average Bonchev–Trinajstić information content (AvgIpc) is 3.77. The first-order valence-electron chi connectivity index (χ1n) is 27.4. The van der Waals surface area contributed by atoms with Crippen LogP contribution in [0.25, 0.3) is 0 Å². The number of rotatable bonds is 49. The van der Waals surface area contributed by atoms with E-state index in [-0.39, 0.29) is 55.2 Å². The lowest BCUT2D eigenvalue weighted by molar-refractivity contribution is -0.126. The molecular weight excluding hydrogens is 943 g/mol. The molecule has 0 saturated heterocycles. The van der Waals surface area contributed by atoms with Crippen molar-refractivity contribution in [3.63, 3.8) is 0 Å². The maximum atomic E-state index is 11.6. The maximum Gasteiger partial charge on any atom is 0.246 e. The first-order chi connectivity index (χ1) is 35.0. The van der Waals surface area contributed by atoms with Crippen molar-refractivity contribution >= 4 is 17.6 Å². The van der Waals surface area contributed by atoms with Crippen LogP contribution in [0.5, 0.6) is 0 Å². The van der Waals surface area contributed by atoms with E-state index in [1.165, 1.54) is 12.8 Å². The Labute approximate surface area is 442 Å². The molecule has 1 rings (SSSR count). The fraction of sp³-hybridized carbons (Fsp3) is 0.907. The quantitative estimate of drug-likeness (QED) is 0.0603. The monoisotopic (exact) mass is 1050 g/mol. The highest BCUT2D eigenvalue weighted by Crippen LogP contribution is 2.06. The van der Waals surface area contributed by atoms with Gasteiger partial charge in [0.1, 0.15) is 18.9 Å². The smallest absolute Gasteiger partial charge is 0.246 e. The number of nitrogens with one attached hydrogen (secondary N) is 2. The molecule has 0 aliphatic heterocycles. The molecule has 73 heavy (non-hydrogen) atoms. The average molecular weight is 1050 g/mol. The van der Waals surface area contributed by atoms with Crippen LogP contribution in [0.15, 0.2) is 6.20 Å². The molecule has 0 unspecified atom stereocenters. The first kappa shape index (κ1) is 72.4. The van der Waals surface area contributed by atoms with E-state index in [2.05, 4.69) is 48.6 Å². The summed E-state index contributed by atoms with van der Waals surface area (Å²) in [6, 6.07) is 0.213. The molecule has 0 radical (unpaired) electrons. The summed E-state index contributed by atoms with van der Waals surface area (Å²) in [6.45, 7) is 35.7. The van der Waals surface area contributed by atoms with Gasteiger partial charge in [0.05, 0.1) is 117 Å². The highest BCUT2D eigenvalue weighted by atomic mass is 16.6. The number of hydrogen-bond donors (Lipinski definition) is 2. The van der Waals surface area contributed by atoms with Gasteiger partial charge in [0, 0.05) is 51.8 Å². The first-order valence-corrected chi connectivity index (χ1v) is 27.4. The second-order valence-corrected chi connectivity index (χ2v) is 19.5. The lowest BCUT2D eigenvalue weighted by Gasteiger charge is -2.09. The van der Waals surface area contributed by atoms with Gasteiger partial charge >= 0.3 is 0 Å². The second kappa shape index (κ2) is 54.1. The van der Waals surface area contributed by atoms with Crippen molar-refractivity contribution in [3.8, 4) is 0 Å². The third-order valence-electron chi connectivity index (χ3n) is 9.68. The van der Waals surface area contributed by atoms with E-state index >= 15 is 0 Å². The molecule has 0 aliphatic carbocycles. The summed E-state index contributed by atoms with van der Waals surface area (Å²) in [4.78, 5) is 34.6. The molecule has 2 N–H and O–H groups in total. The molecule has 0 aromatic carbocycles. The summed E-state index contributed by atoms with van der Waals surface area (Å²) >= 11 is 0. The van der Waals surface area contributed by atoms with Gasteiger partial charge in [-0.25, -0.2) is 0 Å². The summed E-state index contributed by atoms with van der Waals surface area (Å²) < 4.78 is 61.0. The van der Waals surface area contributed by atoms with E-state index in [0.717, 1.165) is 69.9 Å². The van der Waals surface area contributed by atoms with Crippen LogP contribution in [0.1, 0.15) is 153 Å². The standard InChI is InChI=1S/C19H39NO6.C18H36O5.C17H32N4O3/c1-17(2)6-5-8-22-9-7-20-19(21)16-25-13-12-23-10-11-24-14-15-26-18(3)4;1-16(2)7-5-9-20-10-6-8-18(19)15-22-12-11-21-13-14-23-17(3)4;1-14(2)18-17(22)8-6-5-7-9-21-12-16(19-20-21)13-23-10-11-24-15(3)4/h17-18H,5-16H2,1-4H3,(H,20,21);16-17H,5-15H2,1-4H3;12,14-15H,5-11,13H2,1-4H3,(H,18,22). The zero-order valence-corrected chi connectivity index (χ0v) is 48.0. The number of amides is 2. The SMILES string of the molecule is CC(C)CCCOCCCC(=O)COCCOCCOC(C)C.CC(C)CCCOCCNC(=O)COCCOCCOCCOC(C)C.CC(C)NC(=O)CCCCCn1cc(COCCOC(C)C)nn1. The number of unbranched alkanes of at least 4 members (excludes halogenated alkanes) is 2. The molecular formula is C54H107N5O14. The molecule has 0 spiro atoms. The van der Waals surface area contributed by atoms with Gasteiger partial charge in [0.15, 0.2) is 5.78 Å². The van der Waals surface area contributed by atoms with Gasteiger partial charge < -0.3 is 62.7 Å². The molecule has 1 aromatic heterocycles. The summed E-state index contributed by atoms with van der Waals surface area (Å²) in [6.07, 6.45) is 11.9. The number of ketones is 1. The molecule has 0 saturated carbocycles. The molecule has 2 amide bonds. The topological polar surface area (TPSA) is 208 Å². The van der Waals surface area contributed by atoms with Crippen LogP contribution in [0.3, 0.4) is 0 Å². The molecule has 1 heterocycles. The van der Waals surface area contributed by atoms with Crippen LogP contribution in [0, 0.1) is 11.8 Å². The van der Waals surface area contributed by atoms with E-state index in [1.54, 1.807) is 0 Å². The van der Waals surface area contributed by atoms with Gasteiger partial charge in [0.2, 0.25) is 11.8 Å². The van der Waals surface area contributed by atoms with Crippen molar-refractivity contribution in [2.75, 3.05) is 125 Å². The predicted octanol–water partition coefficient (Wildman–Crippen LogP) is 7.58. The van der Waals surface area contributed by atoms with Crippen LogP contribution < -0.4 is 10.6 Å². The van der Waals surface area contributed by atoms with Crippen LogP contribution in [0.2, 0.25) is 0 Å². The number of carbonyl (C=O) groups is 3. The number of hydrogen-bond acceptors (Lipinski definition) is 16. The lowest BCUT2D eigenvalue weighted by atomic mass is 10.1. The minimum Gasteiger partial charge on any atom is -0.381 e. The van der Waals surface area contributed by atoms with E-state index in [0.29, 0.717) is 124 Å². The fourth-order valence-electron chi connectivity index (χ4n) is 6.01. The van der Waals surface area contributed by atoms with Gasteiger partial charge in [-0.15, -0.1) is 5.10 Å². The number of aryl methyl sites for hydroxylation is 1. The predicted molar refractivity (Wildman–Crippen MR) is 286 cm³/mol. The zero-order valence-electron chi connectivity index (χ0n) is 48.0. The van der Waals surface area contributed by atoms with Crippen molar-refractivity contribution in [2.24, 2.45) is 11.8 Å². The summed E-state index contributed by atoms with van der Waals surface area (Å²) in [5, 5.41) is 13.8. The van der Waals surface area contributed by atoms with E-state index < -0.39 is 0 Å². The largest absolute Gasteiger partial charge is 0.381 e. The highest BCUT2D eigenvalue weighted by molar-refractivity contribution is 5.79. The van der Waals surface area contributed by atoms with Crippen LogP contribution in [-0.4, -0.2) is 182 Å². The third-order valence-corrected chi connectivity index (χ3v) is 9.68. The minimum absolute atomic E-state index is 0.0414. The third kappa shape index (κ3) is 61.8. The molecule has 0 atom stereocenters. The number of nitrogens with zero attached hydrogens (tertiary/aromatic N) is 3. The van der Waals surface area contributed by atoms with Crippen molar-refractivity contribution in [2.45, 2.75) is 185 Å². The van der Waals surface area contributed by atoms with E-state index in [1.807, 2.05) is 66.3 Å². The molecule has 0 aliphatic rings. The Morgan fingerprint density at radius 1 is 0.479 bits per heavy atom. The molecule has 19 heteroatoms. The molecule has 0 fully saturated rings. The second-order valence-electron chi connectivity index (χ2n) is 19.5. The Morgan fingerprint density at radius 2 is 0.945 bits per heavy atom. The Balaban J connectivity index is 0. The fourth-order valence-corrected chi connectivity index (χ4v) is 6.01. The van der Waals surface area contributed by atoms with Gasteiger partial charge in [-0.1, -0.05) is 39.3 Å². The van der Waals surface area contributed by atoms with Gasteiger partial charge in [-0.2, -0.15) is 0 Å². The molecule has 1 aromatic rings. The molecule has 19 nitrogen and oxygen atoms in total. The lowest BCUT2D eigenvalue weighted by Crippen LogP contribution is -2.31. The highest BCUT2D eigenvalue weighted by Gasteiger charge is 2.07. The van der Waals surface area contributed by atoms with E-state index in [4.69, 9.17) is 52.1 Å². The summed E-state index contributed by atoms with van der Waals surface area (Å²) in [5.41, 5.74) is 0.829. The number of aromatic nitrogens is 3. The van der Waals surface area contributed by atoms with Crippen LogP contribution >= 0.6 is 0 Å². The van der Waals surface area contributed by atoms with Crippen LogP contribution in [0.4, 0.5) is 0 Å². The number of Topliss-reactive ketones (excluding diaryl/α,β-unsaturated/α-hetero) is 1. The van der Waals surface area contributed by atoms with Crippen molar-refractivity contribution in [1.29, 1.82) is 0 Å². The number of carbonyl (C=O) groups excluding carboxylic acids is 3. The van der Waals surface area contributed by atoms with Crippen LogP contribution in [-0.2, 0) is 79.6 Å². The summed E-state index contributed by atoms with van der Waals surface area (Å²) in [7, 11) is 0. The van der Waals surface area contributed by atoms with Gasteiger partial charge in [0.25, 0.3) is 0 Å². The Kier molecular flexibility index (Phi) is 53.7. The van der Waals surface area contributed by atoms with Gasteiger partial charge in [-0.3, -0.25) is 19.1 Å². The Hall–Kier alpha value is -2.69. The van der Waals surface area contributed by atoms with Gasteiger partial charge in [-0.05, 0) is 112 Å². The zero-order chi connectivity index (χ0) is 54.6. The maximum absolute atomic E-state index is 11.6. The number of ether oxygens (including phenoxy) is 11. The molecule has 0 bridgehead atoms. The van der Waals surface area contributed by atoms with Crippen molar-refractivity contribution < 1.29 is 66.5 Å².